The Kier molecular flexibility index (Phi) is 9.52. The van der Waals surface area contributed by atoms with Crippen LogP contribution in [0.1, 0.15) is 29.2 Å². The number of halogens is 1. The number of thioether (sulfide) groups is 1. The third kappa shape index (κ3) is 7.29. The van der Waals surface area contributed by atoms with Crippen LogP contribution in [0.3, 0.4) is 0 Å². The molecule has 9 nitrogen and oxygen atoms in total. The van der Waals surface area contributed by atoms with E-state index in [1.807, 2.05) is 56.3 Å². The van der Waals surface area contributed by atoms with E-state index >= 15 is 0 Å². The summed E-state index contributed by atoms with van der Waals surface area (Å²) < 4.78 is 12.1. The first-order valence-corrected chi connectivity index (χ1v) is 15.4. The number of ether oxygens (including phenoxy) is 2. The summed E-state index contributed by atoms with van der Waals surface area (Å²) in [7, 11) is 0. The number of nitrogens with zero attached hydrogens (tertiary/aromatic N) is 2. The maximum atomic E-state index is 13.2. The van der Waals surface area contributed by atoms with E-state index in [4.69, 9.17) is 9.47 Å². The Balaban J connectivity index is 1.25. The minimum Gasteiger partial charge on any atom is -0.490 e. The zero-order valence-electron chi connectivity index (χ0n) is 23.7. The highest BCUT2D eigenvalue weighted by atomic mass is 79.9. The van der Waals surface area contributed by atoms with E-state index in [1.54, 1.807) is 23.1 Å². The van der Waals surface area contributed by atoms with E-state index in [9.17, 15) is 19.2 Å². The molecule has 0 spiro atoms. The van der Waals surface area contributed by atoms with Crippen molar-refractivity contribution in [3.63, 3.8) is 0 Å². The molecule has 222 valence electrons. The Hall–Kier alpha value is -4.09. The van der Waals surface area contributed by atoms with Crippen LogP contribution in [0.4, 0.5) is 10.5 Å². The highest BCUT2D eigenvalue weighted by Crippen LogP contribution is 2.39. The SMILES string of the molecule is CCOc1cc(/C=C2\SC(=O)N(CC(=O)N3CCc4ccccc4C3)C2=O)cc(Br)c1OCC(=O)Nc1ccc(C)cc1. The van der Waals surface area contributed by atoms with Crippen LogP contribution in [0.15, 0.2) is 70.0 Å². The quantitative estimate of drug-likeness (QED) is 0.289. The molecule has 1 saturated heterocycles. The van der Waals surface area contributed by atoms with E-state index in [-0.39, 0.29) is 29.9 Å². The molecule has 3 aromatic carbocycles. The fourth-order valence-corrected chi connectivity index (χ4v) is 6.19. The highest BCUT2D eigenvalue weighted by Gasteiger charge is 2.37. The molecular formula is C32H30BrN3O6S. The number of benzene rings is 3. The summed E-state index contributed by atoms with van der Waals surface area (Å²) >= 11 is 4.27. The Morgan fingerprint density at radius 3 is 2.53 bits per heavy atom. The molecule has 4 amide bonds. The lowest BCUT2D eigenvalue weighted by Gasteiger charge is -2.29. The first-order valence-electron chi connectivity index (χ1n) is 13.8. The minimum absolute atomic E-state index is 0.197. The molecule has 11 heteroatoms. The van der Waals surface area contributed by atoms with Crippen molar-refractivity contribution in [2.75, 3.05) is 31.6 Å². The molecule has 0 saturated carbocycles. The van der Waals surface area contributed by atoms with Gasteiger partial charge in [-0.25, -0.2) is 0 Å². The molecule has 3 aromatic rings. The van der Waals surface area contributed by atoms with Crippen molar-refractivity contribution in [1.29, 1.82) is 0 Å². The summed E-state index contributed by atoms with van der Waals surface area (Å²) in [4.78, 5) is 54.3. The van der Waals surface area contributed by atoms with Gasteiger partial charge in [0.05, 0.1) is 16.0 Å². The van der Waals surface area contributed by atoms with Gasteiger partial charge in [0.25, 0.3) is 17.1 Å². The third-order valence-electron chi connectivity index (χ3n) is 6.96. The van der Waals surface area contributed by atoms with Crippen molar-refractivity contribution < 1.29 is 28.7 Å². The van der Waals surface area contributed by atoms with E-state index in [0.29, 0.717) is 46.9 Å². The third-order valence-corrected chi connectivity index (χ3v) is 8.46. The summed E-state index contributed by atoms with van der Waals surface area (Å²) in [5.41, 5.74) is 4.61. The van der Waals surface area contributed by atoms with Gasteiger partial charge in [0.15, 0.2) is 18.1 Å². The van der Waals surface area contributed by atoms with Gasteiger partial charge in [-0.1, -0.05) is 42.0 Å². The molecule has 0 atom stereocenters. The van der Waals surface area contributed by atoms with E-state index in [0.717, 1.165) is 34.2 Å². The number of amides is 4. The number of fused-ring (bicyclic) bond motifs is 1. The van der Waals surface area contributed by atoms with Crippen molar-refractivity contribution in [3.8, 4) is 11.5 Å². The molecule has 0 bridgehead atoms. The molecule has 0 unspecified atom stereocenters. The second-order valence-electron chi connectivity index (χ2n) is 10.1. The average Bonchev–Trinajstić information content (AvgIpc) is 3.24. The van der Waals surface area contributed by atoms with Crippen LogP contribution >= 0.6 is 27.7 Å². The van der Waals surface area contributed by atoms with E-state index in [1.165, 1.54) is 5.56 Å². The number of imide groups is 1. The largest absolute Gasteiger partial charge is 0.490 e. The maximum absolute atomic E-state index is 13.2. The standard InChI is InChI=1S/C32H30BrN3O6S/c1-3-41-26-15-21(14-25(33)30(26)42-19-28(37)34-24-10-8-20(2)9-11-24)16-27-31(39)36(32(40)43-27)18-29(38)35-13-12-22-6-4-5-7-23(22)17-35/h4-11,14-16H,3,12-13,17-19H2,1-2H3,(H,34,37)/b27-16-. The Bertz CT molecular complexity index is 1610. The smallest absolute Gasteiger partial charge is 0.294 e. The lowest BCUT2D eigenvalue weighted by molar-refractivity contribution is -0.136. The van der Waals surface area contributed by atoms with E-state index in [2.05, 4.69) is 27.3 Å². The number of rotatable bonds is 9. The Morgan fingerprint density at radius 1 is 1.05 bits per heavy atom. The molecule has 0 aromatic heterocycles. The van der Waals surface area contributed by atoms with Crippen LogP contribution < -0.4 is 14.8 Å². The van der Waals surface area contributed by atoms with Crippen LogP contribution in [0, 0.1) is 6.92 Å². The topological polar surface area (TPSA) is 105 Å². The number of hydrogen-bond acceptors (Lipinski definition) is 7. The van der Waals surface area contributed by atoms with Crippen molar-refractivity contribution in [2.45, 2.75) is 26.8 Å². The summed E-state index contributed by atoms with van der Waals surface area (Å²) in [5, 5.41) is 2.29. The summed E-state index contributed by atoms with van der Waals surface area (Å²) in [6.45, 7) is 4.55. The number of carbonyl (C=O) groups excluding carboxylic acids is 4. The minimum atomic E-state index is -0.525. The zero-order chi connectivity index (χ0) is 30.5. The van der Waals surface area contributed by atoms with Gasteiger partial charge < -0.3 is 19.7 Å². The number of hydrogen-bond donors (Lipinski definition) is 1. The number of anilines is 1. The van der Waals surface area contributed by atoms with Crippen LogP contribution in [-0.4, -0.2) is 59.1 Å². The van der Waals surface area contributed by atoms with Gasteiger partial charge in [-0.05, 0) is 95.0 Å². The average molecular weight is 665 g/mol. The lowest BCUT2D eigenvalue weighted by atomic mass is 10.00. The van der Waals surface area contributed by atoms with Crippen LogP contribution in [0.2, 0.25) is 0 Å². The van der Waals surface area contributed by atoms with E-state index < -0.39 is 11.1 Å². The molecule has 5 rings (SSSR count). The van der Waals surface area contributed by atoms with Crippen LogP contribution in [-0.2, 0) is 27.3 Å². The van der Waals surface area contributed by atoms with Gasteiger partial charge in [-0.15, -0.1) is 0 Å². The van der Waals surface area contributed by atoms with Crippen molar-refractivity contribution in [1.82, 2.24) is 9.80 Å². The molecular weight excluding hydrogens is 634 g/mol. The molecule has 2 aliphatic heterocycles. The van der Waals surface area contributed by atoms with Gasteiger partial charge in [-0.3, -0.25) is 24.1 Å². The first kappa shape index (κ1) is 30.4. The molecule has 0 radical (unpaired) electrons. The molecule has 0 aliphatic carbocycles. The number of carbonyl (C=O) groups is 4. The summed E-state index contributed by atoms with van der Waals surface area (Å²) in [5.74, 6) is -0.430. The fraction of sp³-hybridized carbons (Fsp3) is 0.250. The zero-order valence-corrected chi connectivity index (χ0v) is 26.1. The number of aryl methyl sites for hydroxylation is 1. The first-order chi connectivity index (χ1) is 20.7. The summed E-state index contributed by atoms with van der Waals surface area (Å²) in [6, 6.07) is 18.8. The predicted octanol–water partition coefficient (Wildman–Crippen LogP) is 5.79. The second kappa shape index (κ2) is 13.5. The Labute approximate surface area is 262 Å². The highest BCUT2D eigenvalue weighted by molar-refractivity contribution is 9.10. The molecule has 2 aliphatic rings. The van der Waals surface area contributed by atoms with Crippen LogP contribution in [0.25, 0.3) is 6.08 Å². The lowest BCUT2D eigenvalue weighted by Crippen LogP contribution is -2.44. The Morgan fingerprint density at radius 2 is 1.79 bits per heavy atom. The van der Waals surface area contributed by atoms with Gasteiger partial charge >= 0.3 is 0 Å². The normalized spacial score (nSPS) is 15.5. The molecule has 2 heterocycles. The molecule has 1 fully saturated rings. The molecule has 43 heavy (non-hydrogen) atoms. The summed E-state index contributed by atoms with van der Waals surface area (Å²) in [6.07, 6.45) is 2.31. The fourth-order valence-electron chi connectivity index (χ4n) is 4.78. The maximum Gasteiger partial charge on any atom is 0.294 e. The van der Waals surface area contributed by atoms with Gasteiger partial charge in [-0.2, -0.15) is 0 Å². The molecule has 1 N–H and O–H groups in total. The van der Waals surface area contributed by atoms with Crippen molar-refractivity contribution in [3.05, 3.63) is 92.3 Å². The van der Waals surface area contributed by atoms with Gasteiger partial charge in [0.2, 0.25) is 5.91 Å². The number of nitrogens with one attached hydrogen (secondary N) is 1. The monoisotopic (exact) mass is 663 g/mol. The van der Waals surface area contributed by atoms with Gasteiger partial charge in [0.1, 0.15) is 6.54 Å². The second-order valence-corrected chi connectivity index (χ2v) is 11.9. The van der Waals surface area contributed by atoms with Crippen LogP contribution in [0.5, 0.6) is 11.5 Å². The van der Waals surface area contributed by atoms with Crippen molar-refractivity contribution >= 4 is 62.4 Å². The van der Waals surface area contributed by atoms with Gasteiger partial charge in [0, 0.05) is 18.8 Å². The predicted molar refractivity (Wildman–Crippen MR) is 169 cm³/mol. The van der Waals surface area contributed by atoms with Crippen molar-refractivity contribution in [2.24, 2.45) is 0 Å².